The van der Waals surface area contributed by atoms with Crippen molar-refractivity contribution in [2.75, 3.05) is 51.2 Å². The van der Waals surface area contributed by atoms with E-state index in [0.717, 1.165) is 62.1 Å². The Morgan fingerprint density at radius 1 is 1.14 bits per heavy atom. The van der Waals surface area contributed by atoms with Crippen LogP contribution in [0.1, 0.15) is 5.56 Å². The third kappa shape index (κ3) is 5.87. The number of halogens is 2. The van der Waals surface area contributed by atoms with Gasteiger partial charge in [0, 0.05) is 56.4 Å². The summed E-state index contributed by atoms with van der Waals surface area (Å²) in [6, 6.07) is 11.4. The molecule has 0 radical (unpaired) electrons. The van der Waals surface area contributed by atoms with Gasteiger partial charge in [-0.25, -0.2) is 9.37 Å². The lowest BCUT2D eigenvalue weighted by Crippen LogP contribution is -2.56. The summed E-state index contributed by atoms with van der Waals surface area (Å²) in [6.07, 6.45) is 3.19. The lowest BCUT2D eigenvalue weighted by molar-refractivity contribution is -0.0774. The topological polar surface area (TPSA) is 62.8 Å². The van der Waals surface area contributed by atoms with Crippen molar-refractivity contribution in [2.24, 2.45) is 0 Å². The number of rotatable bonds is 8. The molecule has 2 fully saturated rings. The molecule has 0 atom stereocenters. The molecule has 7 nitrogen and oxygen atoms in total. The standard InChI is InChI=1S/C25H27ClFN5O2S/c1-33-25-24(11-18(26)13-29-25)35-30-19-4-5-28-23(12-19)21-3-2-17(10-22(21)27)14-31-6-8-32(9-7-31)20-15-34-16-20/h2-5,10-13,20H,6-9,14-16H2,1H3,(H,28,30). The average Bonchev–Trinajstić information content (AvgIpc) is 2.83. The highest BCUT2D eigenvalue weighted by molar-refractivity contribution is 8.00. The first-order valence-corrected chi connectivity index (χ1v) is 12.7. The fraction of sp³-hybridized carbons (Fsp3) is 0.360. The van der Waals surface area contributed by atoms with Gasteiger partial charge >= 0.3 is 0 Å². The van der Waals surface area contributed by atoms with Crippen molar-refractivity contribution in [1.29, 1.82) is 0 Å². The van der Waals surface area contributed by atoms with Gasteiger partial charge < -0.3 is 14.2 Å². The molecule has 35 heavy (non-hydrogen) atoms. The fourth-order valence-corrected chi connectivity index (χ4v) is 5.22. The van der Waals surface area contributed by atoms with Crippen molar-refractivity contribution in [2.45, 2.75) is 17.5 Å². The van der Waals surface area contributed by atoms with Gasteiger partial charge in [0.1, 0.15) is 5.82 Å². The van der Waals surface area contributed by atoms with Crippen molar-refractivity contribution in [3.63, 3.8) is 0 Å². The van der Waals surface area contributed by atoms with E-state index in [2.05, 4.69) is 24.5 Å². The minimum atomic E-state index is -0.272. The van der Waals surface area contributed by atoms with Crippen molar-refractivity contribution in [1.82, 2.24) is 19.8 Å². The predicted octanol–water partition coefficient (Wildman–Crippen LogP) is 4.58. The molecule has 1 aromatic carbocycles. The fourth-order valence-electron chi connectivity index (χ4n) is 4.23. The highest BCUT2D eigenvalue weighted by atomic mass is 35.5. The van der Waals surface area contributed by atoms with Crippen molar-refractivity contribution in [3.05, 3.63) is 65.2 Å². The van der Waals surface area contributed by atoms with Crippen molar-refractivity contribution in [3.8, 4) is 17.1 Å². The second kappa shape index (κ2) is 11.1. The molecule has 5 rings (SSSR count). The van der Waals surface area contributed by atoms with Gasteiger partial charge in [-0.15, -0.1) is 0 Å². The molecule has 2 aromatic heterocycles. The molecule has 0 saturated carbocycles. The minimum absolute atomic E-state index is 0.272. The first kappa shape index (κ1) is 24.3. The first-order chi connectivity index (χ1) is 17.1. The molecule has 4 heterocycles. The Morgan fingerprint density at radius 2 is 1.97 bits per heavy atom. The van der Waals surface area contributed by atoms with Crippen LogP contribution in [0.3, 0.4) is 0 Å². The molecule has 0 aliphatic carbocycles. The van der Waals surface area contributed by atoms with Crippen LogP contribution in [-0.2, 0) is 11.3 Å². The molecule has 1 N–H and O–H groups in total. The van der Waals surface area contributed by atoms with Crippen molar-refractivity contribution >= 4 is 29.2 Å². The number of aromatic nitrogens is 2. The van der Waals surface area contributed by atoms with Crippen LogP contribution in [0, 0.1) is 5.82 Å². The smallest absolute Gasteiger partial charge is 0.228 e. The van der Waals surface area contributed by atoms with Crippen LogP contribution in [0.5, 0.6) is 5.88 Å². The van der Waals surface area contributed by atoms with E-state index in [-0.39, 0.29) is 5.82 Å². The van der Waals surface area contributed by atoms with E-state index in [0.29, 0.717) is 28.2 Å². The molecule has 0 unspecified atom stereocenters. The Morgan fingerprint density at radius 3 is 2.69 bits per heavy atom. The summed E-state index contributed by atoms with van der Waals surface area (Å²) in [5.74, 6) is 0.201. The molecule has 0 bridgehead atoms. The maximum Gasteiger partial charge on any atom is 0.228 e. The van der Waals surface area contributed by atoms with E-state index < -0.39 is 0 Å². The van der Waals surface area contributed by atoms with Crippen LogP contribution in [0.2, 0.25) is 5.02 Å². The lowest BCUT2D eigenvalue weighted by atomic mass is 10.1. The van der Waals surface area contributed by atoms with Gasteiger partial charge in [-0.3, -0.25) is 14.8 Å². The number of piperazine rings is 1. The summed E-state index contributed by atoms with van der Waals surface area (Å²) >= 11 is 7.38. The van der Waals surface area contributed by atoms with Crippen LogP contribution >= 0.6 is 23.5 Å². The first-order valence-electron chi connectivity index (χ1n) is 11.5. The van der Waals surface area contributed by atoms with E-state index in [1.807, 2.05) is 24.3 Å². The molecule has 0 amide bonds. The van der Waals surface area contributed by atoms with Gasteiger partial charge in [0.15, 0.2) is 0 Å². The molecule has 3 aromatic rings. The SMILES string of the molecule is COc1ncc(Cl)cc1SNc1ccnc(-c2ccc(CN3CCN(C4COC4)CC3)cc2F)c1. The third-order valence-electron chi connectivity index (χ3n) is 6.28. The van der Waals surface area contributed by atoms with E-state index in [1.165, 1.54) is 18.1 Å². The van der Waals surface area contributed by atoms with Gasteiger partial charge in [-0.2, -0.15) is 0 Å². The third-order valence-corrected chi connectivity index (χ3v) is 7.33. The molecular weight excluding hydrogens is 489 g/mol. The van der Waals surface area contributed by atoms with Crippen molar-refractivity contribution < 1.29 is 13.9 Å². The number of benzene rings is 1. The molecule has 0 spiro atoms. The molecule has 2 saturated heterocycles. The number of nitrogens with one attached hydrogen (secondary N) is 1. The van der Waals surface area contributed by atoms with Gasteiger partial charge in [-0.05, 0) is 47.8 Å². The second-order valence-electron chi connectivity index (χ2n) is 8.61. The highest BCUT2D eigenvalue weighted by Crippen LogP contribution is 2.32. The number of anilines is 1. The second-order valence-corrected chi connectivity index (χ2v) is 9.90. The number of nitrogens with zero attached hydrogens (tertiary/aromatic N) is 4. The van der Waals surface area contributed by atoms with Crippen LogP contribution < -0.4 is 9.46 Å². The molecule has 184 valence electrons. The number of hydrogen-bond donors (Lipinski definition) is 1. The van der Waals surface area contributed by atoms with E-state index in [4.69, 9.17) is 21.1 Å². The summed E-state index contributed by atoms with van der Waals surface area (Å²) in [4.78, 5) is 14.2. The Labute approximate surface area is 213 Å². The maximum atomic E-state index is 15.1. The molecule has 2 aliphatic heterocycles. The summed E-state index contributed by atoms with van der Waals surface area (Å²) < 4.78 is 28.9. The Bertz CT molecular complexity index is 1170. The Balaban J connectivity index is 1.22. The Kier molecular flexibility index (Phi) is 7.69. The summed E-state index contributed by atoms with van der Waals surface area (Å²) in [5.41, 5.74) is 2.78. The summed E-state index contributed by atoms with van der Waals surface area (Å²) in [6.45, 7) is 6.48. The average molecular weight is 516 g/mol. The monoisotopic (exact) mass is 515 g/mol. The summed E-state index contributed by atoms with van der Waals surface area (Å²) in [5, 5.41) is 0.516. The van der Waals surface area contributed by atoms with Crippen LogP contribution in [0.15, 0.2) is 53.7 Å². The highest BCUT2D eigenvalue weighted by Gasteiger charge is 2.28. The van der Waals surface area contributed by atoms with Crippen LogP contribution in [0.4, 0.5) is 10.1 Å². The summed E-state index contributed by atoms with van der Waals surface area (Å²) in [7, 11) is 1.56. The zero-order chi connectivity index (χ0) is 24.2. The molecule has 10 heteroatoms. The number of methoxy groups -OCH3 is 1. The van der Waals surface area contributed by atoms with E-state index in [1.54, 1.807) is 25.4 Å². The zero-order valence-electron chi connectivity index (χ0n) is 19.4. The Hall–Kier alpha value is -2.43. The number of hydrogen-bond acceptors (Lipinski definition) is 8. The van der Waals surface area contributed by atoms with Crippen LogP contribution in [0.25, 0.3) is 11.3 Å². The van der Waals surface area contributed by atoms with Gasteiger partial charge in [0.05, 0.1) is 42.0 Å². The maximum absolute atomic E-state index is 15.1. The molecular formula is C25H27ClFN5O2S. The number of pyridine rings is 2. The largest absolute Gasteiger partial charge is 0.480 e. The number of ether oxygens (including phenoxy) is 2. The van der Waals surface area contributed by atoms with E-state index >= 15 is 4.39 Å². The van der Waals surface area contributed by atoms with Gasteiger partial charge in [0.25, 0.3) is 0 Å². The molecule has 2 aliphatic rings. The van der Waals surface area contributed by atoms with Gasteiger partial charge in [0.2, 0.25) is 5.88 Å². The lowest BCUT2D eigenvalue weighted by Gasteiger charge is -2.42. The minimum Gasteiger partial charge on any atom is -0.480 e. The van der Waals surface area contributed by atoms with Crippen LogP contribution in [-0.4, -0.2) is 72.3 Å². The quantitative estimate of drug-likeness (QED) is 0.437. The zero-order valence-corrected chi connectivity index (χ0v) is 21.0. The predicted molar refractivity (Wildman–Crippen MR) is 136 cm³/mol. The van der Waals surface area contributed by atoms with Gasteiger partial charge in [-0.1, -0.05) is 17.7 Å². The van der Waals surface area contributed by atoms with E-state index in [9.17, 15) is 0 Å². The normalized spacial score (nSPS) is 17.2.